The van der Waals surface area contributed by atoms with Crippen molar-refractivity contribution in [2.75, 3.05) is 0 Å². The van der Waals surface area contributed by atoms with Crippen LogP contribution in [0.5, 0.6) is 0 Å². The van der Waals surface area contributed by atoms with E-state index in [0.717, 1.165) is 92.6 Å². The lowest BCUT2D eigenvalue weighted by Crippen LogP contribution is -2.11. The smallest absolute Gasteiger partial charge is 0.143 e. The average Bonchev–Trinajstić information content (AvgIpc) is 3.54. The Kier molecular flexibility index (Phi) is 10.5. The highest BCUT2D eigenvalue weighted by Crippen LogP contribution is 2.22. The Bertz CT molecular complexity index is 2100. The number of hydrogen-bond acceptors (Lipinski definition) is 8. The number of aromatic nitrogens is 4. The minimum absolute atomic E-state index is 0.425. The van der Waals surface area contributed by atoms with E-state index in [1.54, 1.807) is 24.4 Å². The zero-order valence-corrected chi connectivity index (χ0v) is 27.8. The van der Waals surface area contributed by atoms with Crippen molar-refractivity contribution < 1.29 is 20.8 Å². The molecule has 4 heterocycles. The van der Waals surface area contributed by atoms with Gasteiger partial charge in [-0.2, -0.15) is 18.9 Å². The SMILES string of the molecule is On1c(=S)ccc2ccccc21.On1c2c(ccc1=S)CCC2.On1c2c(ccc1=S)CCCC2.On1cc2c(cc1=S)CC2. The Labute approximate surface area is 281 Å². The van der Waals surface area contributed by atoms with Gasteiger partial charge in [0.05, 0.1) is 16.9 Å². The van der Waals surface area contributed by atoms with Crippen LogP contribution in [0.15, 0.2) is 72.9 Å². The normalized spacial score (nSPS) is 13.7. The summed E-state index contributed by atoms with van der Waals surface area (Å²) in [6.45, 7) is 0. The van der Waals surface area contributed by atoms with E-state index in [-0.39, 0.29) is 0 Å². The molecule has 0 unspecified atom stereocenters. The molecule has 0 spiro atoms. The zero-order valence-electron chi connectivity index (χ0n) is 24.5. The second-order valence-corrected chi connectivity index (χ2v) is 12.7. The van der Waals surface area contributed by atoms with Crippen molar-refractivity contribution in [1.29, 1.82) is 0 Å². The van der Waals surface area contributed by atoms with Gasteiger partial charge in [-0.25, -0.2) is 0 Å². The molecule has 8 nitrogen and oxygen atoms in total. The molecule has 0 saturated carbocycles. The molecule has 8 rings (SSSR count). The highest BCUT2D eigenvalue weighted by Gasteiger charge is 2.14. The molecule has 0 atom stereocenters. The summed E-state index contributed by atoms with van der Waals surface area (Å²) in [5, 5.41) is 38.5. The van der Waals surface area contributed by atoms with Crippen LogP contribution < -0.4 is 0 Å². The van der Waals surface area contributed by atoms with Gasteiger partial charge < -0.3 is 20.8 Å². The fourth-order valence-corrected chi connectivity index (χ4v) is 6.30. The Morgan fingerprint density at radius 3 is 1.62 bits per heavy atom. The largest absolute Gasteiger partial charge is 0.428 e. The fraction of sp³-hybridized carbons (Fsp3) is 0.273. The molecule has 0 bridgehead atoms. The third-order valence-electron chi connectivity index (χ3n) is 8.15. The first-order valence-electron chi connectivity index (χ1n) is 14.7. The number of benzene rings is 1. The Hall–Kier alpha value is -3.84. The maximum atomic E-state index is 9.56. The second-order valence-electron chi connectivity index (χ2n) is 11.0. The number of hydrogen-bond donors (Lipinski definition) is 4. The van der Waals surface area contributed by atoms with Gasteiger partial charge in [-0.1, -0.05) is 79.2 Å². The van der Waals surface area contributed by atoms with Gasteiger partial charge in [0.25, 0.3) is 0 Å². The third-order valence-corrected chi connectivity index (χ3v) is 9.38. The summed E-state index contributed by atoms with van der Waals surface area (Å²) >= 11 is 19.6. The fourth-order valence-electron chi connectivity index (χ4n) is 5.58. The summed E-state index contributed by atoms with van der Waals surface area (Å²) in [7, 11) is 0. The van der Waals surface area contributed by atoms with Crippen molar-refractivity contribution in [3.8, 4) is 0 Å². The summed E-state index contributed by atoms with van der Waals surface area (Å²) in [5.41, 5.74) is 7.74. The van der Waals surface area contributed by atoms with Crippen molar-refractivity contribution in [2.24, 2.45) is 0 Å². The number of aryl methyl sites for hydroxylation is 4. The van der Waals surface area contributed by atoms with E-state index in [1.807, 2.05) is 48.5 Å². The highest BCUT2D eigenvalue weighted by atomic mass is 32.1. The molecule has 234 valence electrons. The molecule has 0 fully saturated rings. The molecule has 5 aromatic rings. The van der Waals surface area contributed by atoms with Crippen molar-refractivity contribution in [1.82, 2.24) is 18.9 Å². The summed E-state index contributed by atoms with van der Waals surface area (Å²) in [4.78, 5) is 0. The van der Waals surface area contributed by atoms with Crippen molar-refractivity contribution >= 4 is 59.8 Å². The van der Waals surface area contributed by atoms with Crippen molar-refractivity contribution in [2.45, 2.75) is 57.8 Å². The quantitative estimate of drug-likeness (QED) is 0.0957. The number of rotatable bonds is 0. The minimum atomic E-state index is 0.425. The molecule has 45 heavy (non-hydrogen) atoms. The Morgan fingerprint density at radius 2 is 1.00 bits per heavy atom. The molecule has 1 aromatic carbocycles. The van der Waals surface area contributed by atoms with Crippen LogP contribution in [0.2, 0.25) is 0 Å². The van der Waals surface area contributed by atoms with E-state index < -0.39 is 0 Å². The first-order chi connectivity index (χ1) is 21.6. The summed E-state index contributed by atoms with van der Waals surface area (Å²) in [5.74, 6) is 0. The van der Waals surface area contributed by atoms with E-state index in [4.69, 9.17) is 54.1 Å². The maximum absolute atomic E-state index is 9.56. The lowest BCUT2D eigenvalue weighted by atomic mass is 9.91. The van der Waals surface area contributed by atoms with Crippen LogP contribution >= 0.6 is 48.9 Å². The van der Waals surface area contributed by atoms with Gasteiger partial charge >= 0.3 is 0 Å². The Balaban J connectivity index is 0.000000119. The molecular formula is C33H34N4O4S4. The predicted octanol–water partition coefficient (Wildman–Crippen LogP) is 8.44. The molecule has 4 aromatic heterocycles. The lowest BCUT2D eigenvalue weighted by molar-refractivity contribution is 0.167. The number of pyridine rings is 4. The topological polar surface area (TPSA) is 101 Å². The molecule has 4 N–H and O–H groups in total. The van der Waals surface area contributed by atoms with E-state index >= 15 is 0 Å². The predicted molar refractivity (Wildman–Crippen MR) is 183 cm³/mol. The first-order valence-corrected chi connectivity index (χ1v) is 16.4. The van der Waals surface area contributed by atoms with E-state index in [1.165, 1.54) is 28.7 Å². The molecular weight excluding hydrogens is 645 g/mol. The van der Waals surface area contributed by atoms with Crippen LogP contribution in [-0.4, -0.2) is 39.8 Å². The van der Waals surface area contributed by atoms with Gasteiger partial charge in [-0.3, -0.25) is 0 Å². The van der Waals surface area contributed by atoms with Crippen LogP contribution in [0.1, 0.15) is 52.9 Å². The molecule has 0 amide bonds. The second kappa shape index (κ2) is 14.5. The van der Waals surface area contributed by atoms with Gasteiger partial charge in [0.15, 0.2) is 0 Å². The number of fused-ring (bicyclic) bond motifs is 4. The number of nitrogens with zero attached hydrogens (tertiary/aromatic N) is 4. The van der Waals surface area contributed by atoms with Gasteiger partial charge in [0.2, 0.25) is 0 Å². The number of para-hydroxylation sites is 1. The Morgan fingerprint density at radius 1 is 0.467 bits per heavy atom. The molecule has 0 aliphatic heterocycles. The van der Waals surface area contributed by atoms with E-state index in [2.05, 4.69) is 0 Å². The lowest BCUT2D eigenvalue weighted by Gasteiger charge is -2.18. The first kappa shape index (κ1) is 32.6. The van der Waals surface area contributed by atoms with Crippen molar-refractivity contribution in [3.63, 3.8) is 0 Å². The van der Waals surface area contributed by atoms with Gasteiger partial charge in [0, 0.05) is 11.6 Å². The molecule has 0 saturated heterocycles. The van der Waals surface area contributed by atoms with Gasteiger partial charge in [-0.05, 0) is 116 Å². The molecule has 0 radical (unpaired) electrons. The van der Waals surface area contributed by atoms with Crippen LogP contribution in [-0.2, 0) is 38.5 Å². The average molecular weight is 679 g/mol. The van der Waals surface area contributed by atoms with Gasteiger partial charge in [0.1, 0.15) is 18.6 Å². The van der Waals surface area contributed by atoms with Crippen LogP contribution in [0.3, 0.4) is 0 Å². The maximum Gasteiger partial charge on any atom is 0.143 e. The standard InChI is InChI=1S/C9H11NOS.C9H7NOS.C8H9NOS.C7H7NOS/c2*11-10-8-4-2-1-3-7(8)5-6-9(10)12;10-9-7-3-1-2-6(7)4-5-8(9)11;9-8-4-6-2-1-5(6)3-7(8)10/h5-6,11H,1-4H2;1-6,11H;4-5,10H,1-3H2;3-4,9H,1-2H2. The van der Waals surface area contributed by atoms with Crippen LogP contribution in [0.4, 0.5) is 0 Å². The van der Waals surface area contributed by atoms with E-state index in [0.29, 0.717) is 18.6 Å². The zero-order chi connectivity index (χ0) is 32.1. The van der Waals surface area contributed by atoms with E-state index in [9.17, 15) is 15.6 Å². The van der Waals surface area contributed by atoms with Crippen LogP contribution in [0, 0.1) is 18.6 Å². The van der Waals surface area contributed by atoms with Gasteiger partial charge in [-0.15, -0.1) is 0 Å². The highest BCUT2D eigenvalue weighted by molar-refractivity contribution is 7.72. The molecule has 12 heteroatoms. The minimum Gasteiger partial charge on any atom is -0.428 e. The summed E-state index contributed by atoms with van der Waals surface area (Å²) < 4.78 is 6.26. The van der Waals surface area contributed by atoms with Crippen molar-refractivity contribution in [3.05, 3.63) is 125 Å². The summed E-state index contributed by atoms with van der Waals surface area (Å²) in [6.07, 6.45) is 11.5. The van der Waals surface area contributed by atoms with Crippen LogP contribution in [0.25, 0.3) is 10.9 Å². The molecule has 3 aliphatic rings. The third kappa shape index (κ3) is 7.52. The summed E-state index contributed by atoms with van der Waals surface area (Å²) in [6, 6.07) is 20.6. The molecule has 3 aliphatic carbocycles. The monoisotopic (exact) mass is 678 g/mol.